The molecule has 0 bridgehead atoms. The highest BCUT2D eigenvalue weighted by Gasteiger charge is 2.04. The first-order chi connectivity index (χ1) is 6.31. The van der Waals surface area contributed by atoms with Crippen LogP contribution in [0.1, 0.15) is 6.92 Å². The Bertz CT molecular complexity index is 278. The Balaban J connectivity index is 2.95. The number of benzene rings is 1. The van der Waals surface area contributed by atoms with Crippen molar-refractivity contribution in [2.45, 2.75) is 11.8 Å². The molecule has 13 heavy (non-hydrogen) atoms. The highest BCUT2D eigenvalue weighted by Crippen LogP contribution is 2.34. The van der Waals surface area contributed by atoms with Gasteiger partial charge in [-0.05, 0) is 25.1 Å². The molecule has 1 aromatic carbocycles. The van der Waals surface area contributed by atoms with Crippen LogP contribution in [-0.2, 0) is 0 Å². The SMILES string of the molecule is CCOc1cc(SI)ccc1OC. The van der Waals surface area contributed by atoms with Crippen LogP contribution < -0.4 is 9.47 Å². The van der Waals surface area contributed by atoms with E-state index >= 15 is 0 Å². The summed E-state index contributed by atoms with van der Waals surface area (Å²) >= 11 is 2.24. The van der Waals surface area contributed by atoms with Gasteiger partial charge in [-0.2, -0.15) is 0 Å². The predicted molar refractivity (Wildman–Crippen MR) is 64.0 cm³/mol. The molecule has 0 aliphatic carbocycles. The minimum absolute atomic E-state index is 0.658. The zero-order chi connectivity index (χ0) is 9.68. The molecule has 0 unspecified atom stereocenters. The molecule has 0 heterocycles. The Labute approximate surface area is 94.6 Å². The Morgan fingerprint density at radius 3 is 2.69 bits per heavy atom. The van der Waals surface area contributed by atoms with Gasteiger partial charge in [0.15, 0.2) is 11.5 Å². The molecule has 1 rings (SSSR count). The summed E-state index contributed by atoms with van der Waals surface area (Å²) in [5.41, 5.74) is 0. The van der Waals surface area contributed by atoms with Crippen LogP contribution in [0.25, 0.3) is 0 Å². The van der Waals surface area contributed by atoms with E-state index in [1.54, 1.807) is 16.0 Å². The maximum Gasteiger partial charge on any atom is 0.162 e. The maximum atomic E-state index is 5.43. The summed E-state index contributed by atoms with van der Waals surface area (Å²) in [6.07, 6.45) is 0. The molecular formula is C9H11IO2S. The van der Waals surface area contributed by atoms with Crippen molar-refractivity contribution >= 4 is 30.1 Å². The molecule has 2 nitrogen and oxygen atoms in total. The summed E-state index contributed by atoms with van der Waals surface area (Å²) in [6, 6.07) is 5.92. The number of halogens is 1. The van der Waals surface area contributed by atoms with Crippen LogP contribution >= 0.6 is 30.1 Å². The van der Waals surface area contributed by atoms with Gasteiger partial charge in [0.1, 0.15) is 0 Å². The topological polar surface area (TPSA) is 18.5 Å². The summed E-state index contributed by atoms with van der Waals surface area (Å²) in [7, 11) is 3.31. The molecule has 0 aliphatic rings. The molecule has 0 atom stereocenters. The molecule has 0 radical (unpaired) electrons. The smallest absolute Gasteiger partial charge is 0.162 e. The van der Waals surface area contributed by atoms with Crippen molar-refractivity contribution in [2.24, 2.45) is 0 Å². The predicted octanol–water partition coefficient (Wildman–Crippen LogP) is 3.54. The number of hydrogen-bond donors (Lipinski definition) is 0. The summed E-state index contributed by atoms with van der Waals surface area (Å²) in [6.45, 7) is 2.62. The van der Waals surface area contributed by atoms with Gasteiger partial charge in [0.25, 0.3) is 0 Å². The van der Waals surface area contributed by atoms with Crippen LogP contribution in [0.5, 0.6) is 11.5 Å². The first-order valence-corrected chi connectivity index (χ1v) is 7.27. The zero-order valence-electron chi connectivity index (χ0n) is 7.54. The second-order valence-corrected chi connectivity index (χ2v) is 4.27. The molecule has 4 heteroatoms. The van der Waals surface area contributed by atoms with Gasteiger partial charge in [0, 0.05) is 26.1 Å². The van der Waals surface area contributed by atoms with Crippen molar-refractivity contribution in [2.75, 3.05) is 13.7 Å². The molecule has 0 amide bonds. The Hall–Kier alpha value is -0.100. The van der Waals surface area contributed by atoms with Crippen molar-refractivity contribution in [1.82, 2.24) is 0 Å². The summed E-state index contributed by atoms with van der Waals surface area (Å²) in [4.78, 5) is 1.17. The van der Waals surface area contributed by atoms with Crippen LogP contribution in [-0.4, -0.2) is 13.7 Å². The molecule has 0 saturated heterocycles. The minimum Gasteiger partial charge on any atom is -0.493 e. The second-order valence-electron chi connectivity index (χ2n) is 2.32. The third-order valence-electron chi connectivity index (χ3n) is 1.52. The van der Waals surface area contributed by atoms with E-state index in [-0.39, 0.29) is 0 Å². The molecule has 0 saturated carbocycles. The summed E-state index contributed by atoms with van der Waals surface area (Å²) in [5.74, 6) is 1.60. The van der Waals surface area contributed by atoms with E-state index in [0.29, 0.717) is 6.61 Å². The fourth-order valence-corrected chi connectivity index (χ4v) is 2.07. The van der Waals surface area contributed by atoms with Gasteiger partial charge >= 0.3 is 0 Å². The van der Waals surface area contributed by atoms with E-state index < -0.39 is 0 Å². The van der Waals surface area contributed by atoms with Crippen molar-refractivity contribution in [3.8, 4) is 11.5 Å². The van der Waals surface area contributed by atoms with Crippen molar-refractivity contribution in [3.63, 3.8) is 0 Å². The van der Waals surface area contributed by atoms with E-state index in [1.807, 2.05) is 25.1 Å². The first kappa shape index (κ1) is 11.0. The molecule has 0 fully saturated rings. The Kier molecular flexibility index (Phi) is 4.72. The fraction of sp³-hybridized carbons (Fsp3) is 0.333. The van der Waals surface area contributed by atoms with E-state index in [9.17, 15) is 0 Å². The van der Waals surface area contributed by atoms with Gasteiger partial charge in [-0.25, -0.2) is 0 Å². The van der Waals surface area contributed by atoms with Crippen molar-refractivity contribution < 1.29 is 9.47 Å². The normalized spacial score (nSPS) is 9.77. The van der Waals surface area contributed by atoms with Crippen molar-refractivity contribution in [1.29, 1.82) is 0 Å². The van der Waals surface area contributed by atoms with Crippen LogP contribution in [0.15, 0.2) is 23.1 Å². The minimum atomic E-state index is 0.658. The Morgan fingerprint density at radius 2 is 2.15 bits per heavy atom. The van der Waals surface area contributed by atoms with E-state index in [4.69, 9.17) is 9.47 Å². The Morgan fingerprint density at radius 1 is 1.38 bits per heavy atom. The zero-order valence-corrected chi connectivity index (χ0v) is 10.5. The average Bonchev–Trinajstić information content (AvgIpc) is 2.18. The van der Waals surface area contributed by atoms with Crippen LogP contribution in [0.2, 0.25) is 0 Å². The fourth-order valence-electron chi connectivity index (χ4n) is 0.973. The van der Waals surface area contributed by atoms with Gasteiger partial charge < -0.3 is 9.47 Å². The van der Waals surface area contributed by atoms with Gasteiger partial charge in [-0.15, -0.1) is 0 Å². The van der Waals surface area contributed by atoms with Gasteiger partial charge in [-0.3, -0.25) is 0 Å². The molecule has 72 valence electrons. The summed E-state index contributed by atoms with van der Waals surface area (Å²) in [5, 5.41) is 0. The number of rotatable bonds is 4. The standard InChI is InChI=1S/C9H11IO2S/c1-3-12-9-6-7(13-10)4-5-8(9)11-2/h4-6H,3H2,1-2H3. The molecule has 0 aliphatic heterocycles. The molecule has 1 aromatic rings. The molecule has 0 aromatic heterocycles. The largest absolute Gasteiger partial charge is 0.493 e. The van der Waals surface area contributed by atoms with Crippen LogP contribution in [0.4, 0.5) is 0 Å². The lowest BCUT2D eigenvalue weighted by atomic mass is 10.3. The third-order valence-corrected chi connectivity index (χ3v) is 3.48. The number of ether oxygens (including phenoxy) is 2. The maximum absolute atomic E-state index is 5.43. The number of methoxy groups -OCH3 is 1. The van der Waals surface area contributed by atoms with E-state index in [2.05, 4.69) is 21.2 Å². The lowest BCUT2D eigenvalue weighted by Crippen LogP contribution is -1.94. The third kappa shape index (κ3) is 2.95. The van der Waals surface area contributed by atoms with Gasteiger partial charge in [0.05, 0.1) is 13.7 Å². The van der Waals surface area contributed by atoms with Crippen LogP contribution in [0, 0.1) is 0 Å². The molecular weight excluding hydrogens is 299 g/mol. The van der Waals surface area contributed by atoms with E-state index in [1.165, 1.54) is 4.90 Å². The van der Waals surface area contributed by atoms with Gasteiger partial charge in [0.2, 0.25) is 0 Å². The first-order valence-electron chi connectivity index (χ1n) is 3.91. The molecule has 0 N–H and O–H groups in total. The van der Waals surface area contributed by atoms with E-state index in [0.717, 1.165) is 11.5 Å². The van der Waals surface area contributed by atoms with Crippen LogP contribution in [0.3, 0.4) is 0 Å². The quantitative estimate of drug-likeness (QED) is 0.793. The monoisotopic (exact) mass is 310 g/mol. The highest BCUT2D eigenvalue weighted by atomic mass is 127. The summed E-state index contributed by atoms with van der Waals surface area (Å²) < 4.78 is 10.6. The highest BCUT2D eigenvalue weighted by molar-refractivity contribution is 14.2. The second kappa shape index (κ2) is 5.59. The lowest BCUT2D eigenvalue weighted by molar-refractivity contribution is 0.310. The lowest BCUT2D eigenvalue weighted by Gasteiger charge is -2.09. The van der Waals surface area contributed by atoms with Crippen molar-refractivity contribution in [3.05, 3.63) is 18.2 Å². The van der Waals surface area contributed by atoms with Gasteiger partial charge in [-0.1, -0.05) is 8.93 Å². The molecule has 0 spiro atoms. The number of hydrogen-bond acceptors (Lipinski definition) is 3. The average molecular weight is 310 g/mol.